The number of benzene rings is 8. The molecule has 4 aromatic heterocycles. The summed E-state index contributed by atoms with van der Waals surface area (Å²) in [5.74, 6) is 2.85. The van der Waals surface area contributed by atoms with Crippen LogP contribution in [0.1, 0.15) is 44.5 Å². The molecule has 4 heterocycles. The van der Waals surface area contributed by atoms with E-state index in [9.17, 15) is 0 Å². The van der Waals surface area contributed by atoms with E-state index in [1.165, 1.54) is 0 Å². The summed E-state index contributed by atoms with van der Waals surface area (Å²) in [5, 5.41) is 11.2. The molecule has 338 valence electrons. The number of pyridine rings is 2. The van der Waals surface area contributed by atoms with Crippen LogP contribution in [-0.2, 0) is 10.8 Å². The van der Waals surface area contributed by atoms with Gasteiger partial charge in [0.05, 0.1) is 34.3 Å². The van der Waals surface area contributed by atoms with E-state index in [1.807, 2.05) is 48.5 Å². The van der Waals surface area contributed by atoms with Crippen LogP contribution in [0.3, 0.4) is 0 Å². The van der Waals surface area contributed by atoms with Gasteiger partial charge in [-0.1, -0.05) is 182 Å². The topological polar surface area (TPSA) is 87.8 Å². The Bertz CT molecular complexity index is 3440. The van der Waals surface area contributed by atoms with E-state index < -0.39 is 10.8 Å². The standard InChI is InChI=1S/C63H44N6O2/c1-5-19-45(20-6-1)62(46-21-7-2-8-22-46,49-27-17-29-53(41-49)70-59-31-13-15-37-64-59)51-33-35-55-56-36-34-52(44-58(56)69(57(55)43-51)61-66-39-40-67-68-61)63(47-23-9-3-10-24-47,48-25-11-4-12-26-48)50-28-18-30-54(42-50)71-60-32-14-16-38-65-60/h1-44H. The maximum atomic E-state index is 6.43. The number of rotatable bonds is 13. The van der Waals surface area contributed by atoms with Crippen LogP contribution in [0, 0.1) is 0 Å². The number of aromatic nitrogens is 6. The van der Waals surface area contributed by atoms with E-state index in [0.717, 1.165) is 66.3 Å². The average Bonchev–Trinajstić information content (AvgIpc) is 3.77. The van der Waals surface area contributed by atoms with Crippen LogP contribution in [0.15, 0.2) is 267 Å². The van der Waals surface area contributed by atoms with Crippen LogP contribution in [0.2, 0.25) is 0 Å². The molecule has 0 aliphatic rings. The van der Waals surface area contributed by atoms with Crippen molar-refractivity contribution in [2.75, 3.05) is 0 Å². The van der Waals surface area contributed by atoms with Crippen molar-refractivity contribution in [3.05, 3.63) is 312 Å². The third-order valence-corrected chi connectivity index (χ3v) is 13.4. The summed E-state index contributed by atoms with van der Waals surface area (Å²) in [5.41, 5.74) is 8.70. The number of hydrogen-bond donors (Lipinski definition) is 0. The Morgan fingerprint density at radius 1 is 0.310 bits per heavy atom. The van der Waals surface area contributed by atoms with Crippen LogP contribution < -0.4 is 9.47 Å². The van der Waals surface area contributed by atoms with E-state index in [1.54, 1.807) is 24.8 Å². The van der Waals surface area contributed by atoms with Gasteiger partial charge in [0.15, 0.2) is 0 Å². The van der Waals surface area contributed by atoms with Crippen molar-refractivity contribution >= 4 is 21.8 Å². The zero-order valence-electron chi connectivity index (χ0n) is 38.4. The number of ether oxygens (including phenoxy) is 2. The lowest BCUT2D eigenvalue weighted by molar-refractivity contribution is 0.461. The predicted molar refractivity (Wildman–Crippen MR) is 279 cm³/mol. The minimum Gasteiger partial charge on any atom is -0.439 e. The summed E-state index contributed by atoms with van der Waals surface area (Å²) in [6.45, 7) is 0. The molecular weight excluding hydrogens is 873 g/mol. The van der Waals surface area contributed by atoms with Crippen molar-refractivity contribution in [1.29, 1.82) is 0 Å². The zero-order chi connectivity index (χ0) is 47.5. The van der Waals surface area contributed by atoms with Crippen molar-refractivity contribution in [2.24, 2.45) is 0 Å². The fourth-order valence-electron chi connectivity index (χ4n) is 10.4. The van der Waals surface area contributed by atoms with Crippen LogP contribution in [0.5, 0.6) is 23.3 Å². The molecule has 12 rings (SSSR count). The van der Waals surface area contributed by atoms with Crippen molar-refractivity contribution in [1.82, 2.24) is 29.7 Å². The third-order valence-electron chi connectivity index (χ3n) is 13.4. The molecule has 0 atom stereocenters. The van der Waals surface area contributed by atoms with Gasteiger partial charge in [0, 0.05) is 35.3 Å². The van der Waals surface area contributed by atoms with Gasteiger partial charge in [-0.15, -0.1) is 5.10 Å². The van der Waals surface area contributed by atoms with Gasteiger partial charge in [0.25, 0.3) is 5.95 Å². The highest BCUT2D eigenvalue weighted by atomic mass is 16.5. The van der Waals surface area contributed by atoms with Crippen LogP contribution in [0.4, 0.5) is 0 Å². The summed E-state index contributed by atoms with van der Waals surface area (Å²) in [4.78, 5) is 13.9. The van der Waals surface area contributed by atoms with Gasteiger partial charge < -0.3 is 9.47 Å². The minimum absolute atomic E-state index is 0.452. The second kappa shape index (κ2) is 18.5. The molecule has 8 aromatic carbocycles. The van der Waals surface area contributed by atoms with E-state index in [-0.39, 0.29) is 0 Å². The fourth-order valence-corrected chi connectivity index (χ4v) is 10.4. The molecule has 0 saturated carbocycles. The number of nitrogens with zero attached hydrogens (tertiary/aromatic N) is 6. The Balaban J connectivity index is 1.13. The average molecular weight is 917 g/mol. The van der Waals surface area contributed by atoms with E-state index in [2.05, 4.69) is 214 Å². The second-order valence-electron chi connectivity index (χ2n) is 17.3. The molecule has 0 spiro atoms. The Kier molecular flexibility index (Phi) is 11.2. The first kappa shape index (κ1) is 42.8. The summed E-state index contributed by atoms with van der Waals surface area (Å²) in [6, 6.07) is 84.4. The monoisotopic (exact) mass is 916 g/mol. The van der Waals surface area contributed by atoms with Gasteiger partial charge in [-0.2, -0.15) is 5.10 Å². The number of fused-ring (bicyclic) bond motifs is 3. The summed E-state index contributed by atoms with van der Waals surface area (Å²) < 4.78 is 15.0. The van der Waals surface area contributed by atoms with Crippen LogP contribution >= 0.6 is 0 Å². The molecule has 71 heavy (non-hydrogen) atoms. The van der Waals surface area contributed by atoms with Crippen LogP contribution in [0.25, 0.3) is 27.8 Å². The van der Waals surface area contributed by atoms with Gasteiger partial charge >= 0.3 is 0 Å². The zero-order valence-corrected chi connectivity index (χ0v) is 38.4. The molecular formula is C63H44N6O2. The Morgan fingerprint density at radius 2 is 0.704 bits per heavy atom. The summed E-state index contributed by atoms with van der Waals surface area (Å²) in [7, 11) is 0. The molecule has 0 bridgehead atoms. The molecule has 0 aliphatic heterocycles. The van der Waals surface area contributed by atoms with Crippen molar-refractivity contribution < 1.29 is 9.47 Å². The summed E-state index contributed by atoms with van der Waals surface area (Å²) >= 11 is 0. The highest BCUT2D eigenvalue weighted by Crippen LogP contribution is 2.50. The first-order valence-corrected chi connectivity index (χ1v) is 23.5. The Morgan fingerprint density at radius 3 is 1.08 bits per heavy atom. The molecule has 8 heteroatoms. The lowest BCUT2D eigenvalue weighted by atomic mass is 9.65. The van der Waals surface area contributed by atoms with Crippen molar-refractivity contribution in [3.63, 3.8) is 0 Å². The first-order valence-electron chi connectivity index (χ1n) is 23.5. The Hall–Kier alpha value is -9.53. The fraction of sp³-hybridized carbons (Fsp3) is 0.0317. The van der Waals surface area contributed by atoms with Gasteiger partial charge in [-0.3, -0.25) is 4.57 Å². The van der Waals surface area contributed by atoms with Gasteiger partial charge in [-0.25, -0.2) is 15.0 Å². The lowest BCUT2D eigenvalue weighted by Crippen LogP contribution is -2.31. The third kappa shape index (κ3) is 7.64. The maximum Gasteiger partial charge on any atom is 0.254 e. The highest BCUT2D eigenvalue weighted by molar-refractivity contribution is 6.09. The molecule has 0 N–H and O–H groups in total. The number of hydrogen-bond acceptors (Lipinski definition) is 7. The Labute approximate surface area is 411 Å². The maximum absolute atomic E-state index is 6.43. The molecule has 0 fully saturated rings. The minimum atomic E-state index is -0.819. The molecule has 0 saturated heterocycles. The van der Waals surface area contributed by atoms with Crippen molar-refractivity contribution in [3.8, 4) is 29.2 Å². The smallest absolute Gasteiger partial charge is 0.254 e. The predicted octanol–water partition coefficient (Wildman–Crippen LogP) is 14.1. The second-order valence-corrected chi connectivity index (χ2v) is 17.3. The molecule has 0 amide bonds. The van der Waals surface area contributed by atoms with Crippen LogP contribution in [-0.4, -0.2) is 29.7 Å². The lowest BCUT2D eigenvalue weighted by Gasteiger charge is -2.37. The largest absolute Gasteiger partial charge is 0.439 e. The summed E-state index contributed by atoms with van der Waals surface area (Å²) in [6.07, 6.45) is 6.78. The molecule has 12 aromatic rings. The normalized spacial score (nSPS) is 11.7. The molecule has 0 unspecified atom stereocenters. The SMILES string of the molecule is c1ccc(C(c2ccccc2)(c2cccc(Oc3ccccn3)c2)c2ccc3c4ccc(C(c5ccccc5)(c5ccccc5)c5cccc(Oc6ccccn6)c5)cc4n(-c4nccnn4)c3c2)cc1. The first-order chi connectivity index (χ1) is 35.2. The quantitative estimate of drug-likeness (QED) is 0.106. The van der Waals surface area contributed by atoms with Gasteiger partial charge in [0.1, 0.15) is 11.5 Å². The van der Waals surface area contributed by atoms with Crippen molar-refractivity contribution in [2.45, 2.75) is 10.8 Å². The molecule has 8 nitrogen and oxygen atoms in total. The van der Waals surface area contributed by atoms with E-state index in [4.69, 9.17) is 19.6 Å². The molecule has 0 aliphatic carbocycles. The highest BCUT2D eigenvalue weighted by Gasteiger charge is 2.41. The van der Waals surface area contributed by atoms with E-state index in [0.29, 0.717) is 29.2 Å². The van der Waals surface area contributed by atoms with E-state index >= 15 is 0 Å². The molecule has 0 radical (unpaired) electrons. The van der Waals surface area contributed by atoms with Gasteiger partial charge in [-0.05, 0) is 93.0 Å². The van der Waals surface area contributed by atoms with Gasteiger partial charge in [0.2, 0.25) is 11.8 Å².